The smallest absolute Gasteiger partial charge is 0.0721 e. The Hall–Kier alpha value is 0.0899. The normalized spacial score (nSPS) is 31.2. The number of hydrogen-bond acceptors (Lipinski definition) is 1. The molecule has 0 amide bonds. The third kappa shape index (κ3) is 0.777. The van der Waals surface area contributed by atoms with E-state index in [-0.39, 0.29) is 11.8 Å². The second-order valence-electron chi connectivity index (χ2n) is 1.45. The second kappa shape index (κ2) is 1.30. The molecule has 1 rings (SSSR count). The van der Waals surface area contributed by atoms with Gasteiger partial charge in [0.1, 0.15) is 0 Å². The summed E-state index contributed by atoms with van der Waals surface area (Å²) in [5.41, 5.74) is -0.259. The second-order valence-corrected chi connectivity index (χ2v) is 1.45. The molecule has 0 spiro atoms. The van der Waals surface area contributed by atoms with Crippen LogP contribution in [0.1, 0.15) is 0 Å². The Balaban J connectivity index is 2.13. The van der Waals surface area contributed by atoms with Gasteiger partial charge in [-0.1, -0.05) is 5.72 Å². The lowest BCUT2D eigenvalue weighted by atomic mass is 9.69. The Labute approximate surface area is 39.9 Å². The summed E-state index contributed by atoms with van der Waals surface area (Å²) in [5, 5.41) is 0. The molecule has 1 atom stereocenters. The van der Waals surface area contributed by atoms with Gasteiger partial charge in [0.25, 0.3) is 0 Å². The van der Waals surface area contributed by atoms with E-state index in [1.165, 1.54) is 0 Å². The first-order valence-electron chi connectivity index (χ1n) is 1.93. The lowest BCUT2D eigenvalue weighted by Crippen LogP contribution is -1.98. The zero-order chi connectivity index (χ0) is 4.57. The van der Waals surface area contributed by atoms with Crippen LogP contribution in [0.15, 0.2) is 0 Å². The molecular formula is C3H4B2O. The van der Waals surface area contributed by atoms with E-state index in [0.717, 1.165) is 6.61 Å². The highest BCUT2D eigenvalue weighted by molar-refractivity contribution is 6.36. The summed E-state index contributed by atoms with van der Waals surface area (Å²) in [6.45, 7) is 0.748. The molecule has 4 radical (unpaired) electrons. The fraction of sp³-hybridized carbons (Fsp3) is 1.00. The summed E-state index contributed by atoms with van der Waals surface area (Å²) in [6.07, 6.45) is 0.157. The third-order valence-corrected chi connectivity index (χ3v) is 0.788. The van der Waals surface area contributed by atoms with Crippen LogP contribution < -0.4 is 0 Å². The number of epoxide rings is 1. The Morgan fingerprint density at radius 2 is 2.17 bits per heavy atom. The zero-order valence-corrected chi connectivity index (χ0v) is 3.42. The molecule has 1 saturated heterocycles. The maximum absolute atomic E-state index is 5.15. The molecule has 0 bridgehead atoms. The van der Waals surface area contributed by atoms with E-state index in [1.807, 2.05) is 0 Å². The molecular weight excluding hydrogens is 73.7 g/mol. The monoisotopic (exact) mass is 78.0 g/mol. The van der Waals surface area contributed by atoms with Crippen molar-refractivity contribution >= 4 is 15.7 Å². The van der Waals surface area contributed by atoms with Gasteiger partial charge in [-0.15, -0.1) is 0 Å². The molecule has 6 heavy (non-hydrogen) atoms. The third-order valence-electron chi connectivity index (χ3n) is 0.788. The molecule has 1 unspecified atom stereocenters. The standard InChI is InChI=1S/C3H4B2O/c4-3(5)2-1-6-2/h2-3H,1H2. The average Bonchev–Trinajstić information content (AvgIpc) is 2.06. The van der Waals surface area contributed by atoms with Crippen LogP contribution in [-0.4, -0.2) is 28.4 Å². The molecule has 0 N–H and O–H groups in total. The minimum Gasteiger partial charge on any atom is -0.374 e. The summed E-state index contributed by atoms with van der Waals surface area (Å²) in [5.74, 6) is 0. The maximum Gasteiger partial charge on any atom is 0.0721 e. The van der Waals surface area contributed by atoms with Gasteiger partial charge in [0.15, 0.2) is 0 Å². The molecule has 1 heterocycles. The predicted octanol–water partition coefficient (Wildman–Crippen LogP) is -0.532. The first kappa shape index (κ1) is 4.25. The van der Waals surface area contributed by atoms with Gasteiger partial charge in [0.2, 0.25) is 0 Å². The van der Waals surface area contributed by atoms with Crippen molar-refractivity contribution in [3.63, 3.8) is 0 Å². The van der Waals surface area contributed by atoms with Gasteiger partial charge < -0.3 is 4.74 Å². The molecule has 0 saturated carbocycles. The largest absolute Gasteiger partial charge is 0.374 e. The van der Waals surface area contributed by atoms with Crippen LogP contribution in [0.5, 0.6) is 0 Å². The number of hydrogen-bond donors (Lipinski definition) is 0. The molecule has 1 aliphatic heterocycles. The van der Waals surface area contributed by atoms with E-state index < -0.39 is 0 Å². The van der Waals surface area contributed by atoms with Gasteiger partial charge in [-0.2, -0.15) is 0 Å². The topological polar surface area (TPSA) is 12.5 Å². The SMILES string of the molecule is [B]C([B])C1CO1. The Morgan fingerprint density at radius 3 is 2.17 bits per heavy atom. The van der Waals surface area contributed by atoms with Crippen molar-refractivity contribution in [2.45, 2.75) is 11.8 Å². The van der Waals surface area contributed by atoms with Crippen molar-refractivity contribution in [1.82, 2.24) is 0 Å². The average molecular weight is 77.7 g/mol. The van der Waals surface area contributed by atoms with Gasteiger partial charge in [0, 0.05) is 0 Å². The van der Waals surface area contributed by atoms with Crippen molar-refractivity contribution in [2.75, 3.05) is 6.61 Å². The lowest BCUT2D eigenvalue weighted by molar-refractivity contribution is 0.417. The summed E-state index contributed by atoms with van der Waals surface area (Å²) >= 11 is 0. The van der Waals surface area contributed by atoms with Crippen LogP contribution >= 0.6 is 0 Å². The molecule has 1 aliphatic rings. The van der Waals surface area contributed by atoms with Crippen LogP contribution in [0.3, 0.4) is 0 Å². The summed E-state index contributed by atoms with van der Waals surface area (Å²) < 4.78 is 4.72. The minimum absolute atomic E-state index is 0.157. The molecule has 0 aromatic carbocycles. The van der Waals surface area contributed by atoms with Gasteiger partial charge >= 0.3 is 0 Å². The van der Waals surface area contributed by atoms with E-state index >= 15 is 0 Å². The van der Waals surface area contributed by atoms with Gasteiger partial charge in [0.05, 0.1) is 28.4 Å². The van der Waals surface area contributed by atoms with Crippen molar-refractivity contribution in [3.05, 3.63) is 0 Å². The number of rotatable bonds is 1. The van der Waals surface area contributed by atoms with E-state index in [4.69, 9.17) is 20.4 Å². The quantitative estimate of drug-likeness (QED) is 0.303. The Bertz CT molecular complexity index is 50.8. The fourth-order valence-corrected chi connectivity index (χ4v) is 0.278. The van der Waals surface area contributed by atoms with Gasteiger partial charge in [-0.05, 0) is 0 Å². The summed E-state index contributed by atoms with van der Waals surface area (Å²) in [6, 6.07) is 0. The fourth-order valence-electron chi connectivity index (χ4n) is 0.278. The van der Waals surface area contributed by atoms with Crippen LogP contribution in [0, 0.1) is 0 Å². The highest BCUT2D eigenvalue weighted by Crippen LogP contribution is 2.18. The van der Waals surface area contributed by atoms with E-state index in [1.54, 1.807) is 0 Å². The molecule has 1 nitrogen and oxygen atoms in total. The maximum atomic E-state index is 5.15. The van der Waals surface area contributed by atoms with Crippen LogP contribution in [0.4, 0.5) is 0 Å². The van der Waals surface area contributed by atoms with Crippen molar-refractivity contribution in [1.29, 1.82) is 0 Å². The van der Waals surface area contributed by atoms with Crippen LogP contribution in [0.2, 0.25) is 5.72 Å². The van der Waals surface area contributed by atoms with E-state index in [9.17, 15) is 0 Å². The van der Waals surface area contributed by atoms with Crippen LogP contribution in [-0.2, 0) is 4.74 Å². The van der Waals surface area contributed by atoms with Crippen molar-refractivity contribution in [3.8, 4) is 0 Å². The summed E-state index contributed by atoms with van der Waals surface area (Å²) in [4.78, 5) is 0. The highest BCUT2D eigenvalue weighted by Gasteiger charge is 2.24. The van der Waals surface area contributed by atoms with Crippen molar-refractivity contribution < 1.29 is 4.74 Å². The first-order valence-corrected chi connectivity index (χ1v) is 1.93. The predicted molar refractivity (Wildman–Crippen MR) is 25.0 cm³/mol. The van der Waals surface area contributed by atoms with Crippen molar-refractivity contribution in [2.24, 2.45) is 0 Å². The zero-order valence-electron chi connectivity index (χ0n) is 3.42. The molecule has 0 aliphatic carbocycles. The van der Waals surface area contributed by atoms with Crippen LogP contribution in [0.25, 0.3) is 0 Å². The Morgan fingerprint density at radius 1 is 1.67 bits per heavy atom. The highest BCUT2D eigenvalue weighted by atomic mass is 16.6. The molecule has 0 aromatic heterocycles. The van der Waals surface area contributed by atoms with E-state index in [2.05, 4.69) is 0 Å². The minimum atomic E-state index is -0.259. The van der Waals surface area contributed by atoms with Gasteiger partial charge in [-0.25, -0.2) is 0 Å². The van der Waals surface area contributed by atoms with Gasteiger partial charge in [-0.3, -0.25) is 0 Å². The number of ether oxygens (including phenoxy) is 1. The first-order chi connectivity index (χ1) is 2.80. The Kier molecular flexibility index (Phi) is 0.922. The molecule has 0 aromatic rings. The molecule has 1 fully saturated rings. The lowest BCUT2D eigenvalue weighted by Gasteiger charge is -1.91. The summed E-state index contributed by atoms with van der Waals surface area (Å²) in [7, 11) is 10.3. The molecule has 28 valence electrons. The molecule has 3 heteroatoms. The van der Waals surface area contributed by atoms with E-state index in [0.29, 0.717) is 0 Å².